The third kappa shape index (κ3) is 2.50. The summed E-state index contributed by atoms with van der Waals surface area (Å²) in [5, 5.41) is 18.6. The molecule has 1 fully saturated rings. The third-order valence-corrected chi connectivity index (χ3v) is 2.46. The highest BCUT2D eigenvalue weighted by atomic mass is 19.3. The fourth-order valence-electron chi connectivity index (χ4n) is 1.70. The number of aliphatic hydroxyl groups excluding tert-OH is 2. The minimum Gasteiger partial charge on any atom is -0.390 e. The van der Waals surface area contributed by atoms with E-state index in [1.54, 1.807) is 11.0 Å². The van der Waals surface area contributed by atoms with E-state index in [4.69, 9.17) is 0 Å². The van der Waals surface area contributed by atoms with Crippen LogP contribution in [0.5, 0.6) is 0 Å². The van der Waals surface area contributed by atoms with Crippen LogP contribution < -0.4 is 0 Å². The Hall–Kier alpha value is -0.520. The van der Waals surface area contributed by atoms with Crippen molar-refractivity contribution in [3.63, 3.8) is 0 Å². The summed E-state index contributed by atoms with van der Waals surface area (Å²) in [6.07, 6.45) is -3.43. The molecule has 2 N–H and O–H groups in total. The lowest BCUT2D eigenvalue weighted by Gasteiger charge is -2.38. The summed E-state index contributed by atoms with van der Waals surface area (Å²) in [4.78, 5) is 1.65. The predicted molar refractivity (Wildman–Crippen MR) is 48.1 cm³/mol. The maximum absolute atomic E-state index is 12.4. The highest BCUT2D eigenvalue weighted by molar-refractivity contribution is 4.89. The van der Waals surface area contributed by atoms with Crippen LogP contribution in [0.1, 0.15) is 0 Å². The van der Waals surface area contributed by atoms with Crippen molar-refractivity contribution in [2.24, 2.45) is 5.92 Å². The molecule has 0 saturated carbocycles. The first-order valence-corrected chi connectivity index (χ1v) is 4.53. The molecule has 1 rings (SSSR count). The quantitative estimate of drug-likeness (QED) is 0.645. The van der Waals surface area contributed by atoms with E-state index in [0.717, 1.165) is 0 Å². The van der Waals surface area contributed by atoms with Crippen LogP contribution in [-0.2, 0) is 0 Å². The van der Waals surface area contributed by atoms with E-state index in [2.05, 4.69) is 6.58 Å². The second-order valence-corrected chi connectivity index (χ2v) is 3.56. The SMILES string of the molecule is C=CCN1CC(C(F)F)[C@@H](O)[C@H](O)C1. The molecule has 0 aromatic rings. The lowest BCUT2D eigenvalue weighted by molar-refractivity contribution is -0.114. The minimum absolute atomic E-state index is 0.0991. The number of halogens is 2. The molecule has 3 atom stereocenters. The van der Waals surface area contributed by atoms with Gasteiger partial charge in [0.15, 0.2) is 0 Å². The average molecular weight is 207 g/mol. The molecule has 1 saturated heterocycles. The van der Waals surface area contributed by atoms with E-state index >= 15 is 0 Å². The normalized spacial score (nSPS) is 34.8. The zero-order valence-corrected chi connectivity index (χ0v) is 7.81. The van der Waals surface area contributed by atoms with E-state index in [1.165, 1.54) is 0 Å². The van der Waals surface area contributed by atoms with E-state index in [0.29, 0.717) is 6.54 Å². The van der Waals surface area contributed by atoms with Gasteiger partial charge in [-0.3, -0.25) is 4.90 Å². The molecule has 82 valence electrons. The standard InChI is InChI=1S/C9H15F2NO2/c1-2-3-12-4-6(9(10)11)8(14)7(13)5-12/h2,6-9,13-14H,1,3-5H2/t6?,7-,8-/m1/s1. The molecule has 0 amide bonds. The van der Waals surface area contributed by atoms with Crippen molar-refractivity contribution in [3.8, 4) is 0 Å². The Morgan fingerprint density at radius 3 is 2.57 bits per heavy atom. The van der Waals surface area contributed by atoms with Crippen LogP contribution in [0.4, 0.5) is 8.78 Å². The van der Waals surface area contributed by atoms with Gasteiger partial charge in [-0.2, -0.15) is 0 Å². The predicted octanol–water partition coefficient (Wildman–Crippen LogP) is 0.0911. The first-order chi connectivity index (χ1) is 6.56. The lowest BCUT2D eigenvalue weighted by atomic mass is 9.93. The molecule has 0 bridgehead atoms. The van der Waals surface area contributed by atoms with Gasteiger partial charge < -0.3 is 10.2 Å². The van der Waals surface area contributed by atoms with E-state index in [9.17, 15) is 19.0 Å². The van der Waals surface area contributed by atoms with Crippen LogP contribution in [0.25, 0.3) is 0 Å². The van der Waals surface area contributed by atoms with Gasteiger partial charge in [-0.05, 0) is 0 Å². The fourth-order valence-corrected chi connectivity index (χ4v) is 1.70. The number of hydrogen-bond donors (Lipinski definition) is 2. The van der Waals surface area contributed by atoms with E-state index < -0.39 is 24.6 Å². The van der Waals surface area contributed by atoms with Gasteiger partial charge in [0.1, 0.15) is 0 Å². The molecule has 0 spiro atoms. The average Bonchev–Trinajstić information content (AvgIpc) is 2.11. The van der Waals surface area contributed by atoms with Gasteiger partial charge in [-0.15, -0.1) is 6.58 Å². The topological polar surface area (TPSA) is 43.7 Å². The van der Waals surface area contributed by atoms with E-state index in [-0.39, 0.29) is 13.1 Å². The summed E-state index contributed by atoms with van der Waals surface area (Å²) in [7, 11) is 0. The highest BCUT2D eigenvalue weighted by Crippen LogP contribution is 2.23. The number of rotatable bonds is 3. The Morgan fingerprint density at radius 1 is 1.43 bits per heavy atom. The van der Waals surface area contributed by atoms with Crippen LogP contribution in [0.15, 0.2) is 12.7 Å². The zero-order chi connectivity index (χ0) is 10.7. The van der Waals surface area contributed by atoms with Crippen molar-refractivity contribution in [1.82, 2.24) is 4.90 Å². The number of likely N-dealkylation sites (tertiary alicyclic amines) is 1. The first kappa shape index (κ1) is 11.6. The Bertz CT molecular complexity index is 201. The van der Waals surface area contributed by atoms with Crippen molar-refractivity contribution in [2.75, 3.05) is 19.6 Å². The van der Waals surface area contributed by atoms with Gasteiger partial charge in [0.25, 0.3) is 0 Å². The molecule has 1 unspecified atom stereocenters. The molecule has 14 heavy (non-hydrogen) atoms. The molecule has 1 heterocycles. The van der Waals surface area contributed by atoms with Gasteiger partial charge in [0.2, 0.25) is 6.43 Å². The maximum atomic E-state index is 12.4. The van der Waals surface area contributed by atoms with Gasteiger partial charge in [0, 0.05) is 19.6 Å². The van der Waals surface area contributed by atoms with Crippen LogP contribution >= 0.6 is 0 Å². The van der Waals surface area contributed by atoms with Crippen molar-refractivity contribution < 1.29 is 19.0 Å². The largest absolute Gasteiger partial charge is 0.390 e. The summed E-state index contributed by atoms with van der Waals surface area (Å²) < 4.78 is 24.9. The Kier molecular flexibility index (Phi) is 3.97. The molecule has 0 aromatic carbocycles. The summed E-state index contributed by atoms with van der Waals surface area (Å²) in [5.41, 5.74) is 0. The zero-order valence-electron chi connectivity index (χ0n) is 7.81. The summed E-state index contributed by atoms with van der Waals surface area (Å²) in [5.74, 6) is -1.17. The summed E-state index contributed by atoms with van der Waals surface area (Å²) >= 11 is 0. The van der Waals surface area contributed by atoms with Gasteiger partial charge in [-0.25, -0.2) is 8.78 Å². The fraction of sp³-hybridized carbons (Fsp3) is 0.778. The van der Waals surface area contributed by atoms with Crippen molar-refractivity contribution in [3.05, 3.63) is 12.7 Å². The molecular formula is C9H15F2NO2. The van der Waals surface area contributed by atoms with Crippen LogP contribution in [0.3, 0.4) is 0 Å². The smallest absolute Gasteiger partial charge is 0.245 e. The Labute approximate surface area is 81.6 Å². The van der Waals surface area contributed by atoms with Crippen LogP contribution in [-0.4, -0.2) is 53.4 Å². The highest BCUT2D eigenvalue weighted by Gasteiger charge is 2.39. The minimum atomic E-state index is -2.60. The van der Waals surface area contributed by atoms with Crippen molar-refractivity contribution in [2.45, 2.75) is 18.6 Å². The number of hydrogen-bond acceptors (Lipinski definition) is 3. The summed E-state index contributed by atoms with van der Waals surface area (Å²) in [6, 6.07) is 0. The second kappa shape index (κ2) is 4.82. The van der Waals surface area contributed by atoms with E-state index in [1.807, 2.05) is 0 Å². The number of β-amino-alcohol motifs (C(OH)–C–C–N with tert-alkyl or cyclic N) is 1. The Balaban J connectivity index is 2.61. The number of piperidine rings is 1. The maximum Gasteiger partial charge on any atom is 0.245 e. The monoisotopic (exact) mass is 207 g/mol. The van der Waals surface area contributed by atoms with Gasteiger partial charge in [0.05, 0.1) is 18.1 Å². The molecule has 0 aliphatic carbocycles. The van der Waals surface area contributed by atoms with Crippen LogP contribution in [0, 0.1) is 5.92 Å². The van der Waals surface area contributed by atoms with Crippen molar-refractivity contribution in [1.29, 1.82) is 0 Å². The summed E-state index contributed by atoms with van der Waals surface area (Å²) in [6.45, 7) is 4.26. The first-order valence-electron chi connectivity index (χ1n) is 4.53. The molecule has 1 aliphatic rings. The molecule has 3 nitrogen and oxygen atoms in total. The molecule has 1 aliphatic heterocycles. The number of aliphatic hydroxyl groups is 2. The molecular weight excluding hydrogens is 192 g/mol. The van der Waals surface area contributed by atoms with Gasteiger partial charge >= 0.3 is 0 Å². The molecule has 5 heteroatoms. The van der Waals surface area contributed by atoms with Gasteiger partial charge in [-0.1, -0.05) is 6.08 Å². The van der Waals surface area contributed by atoms with Crippen LogP contribution in [0.2, 0.25) is 0 Å². The molecule has 0 aromatic heterocycles. The number of alkyl halides is 2. The Morgan fingerprint density at radius 2 is 2.07 bits per heavy atom. The number of nitrogens with zero attached hydrogens (tertiary/aromatic N) is 1. The molecule has 0 radical (unpaired) electrons. The second-order valence-electron chi connectivity index (χ2n) is 3.56. The van der Waals surface area contributed by atoms with Crippen molar-refractivity contribution >= 4 is 0 Å². The third-order valence-electron chi connectivity index (χ3n) is 2.46. The lowest BCUT2D eigenvalue weighted by Crippen LogP contribution is -2.54.